The number of ether oxygens (including phenoxy) is 2. The predicted molar refractivity (Wildman–Crippen MR) is 102 cm³/mol. The number of amides is 5. The van der Waals surface area contributed by atoms with Crippen LogP contribution < -0.4 is 14.8 Å². The van der Waals surface area contributed by atoms with Gasteiger partial charge >= 0.3 is 17.8 Å². The number of imide groups is 2. The number of urea groups is 1. The average molecular weight is 403 g/mol. The number of nitrogens with one attached hydrogen (secondary N) is 1. The number of benzene rings is 1. The Morgan fingerprint density at radius 3 is 2.45 bits per heavy atom. The summed E-state index contributed by atoms with van der Waals surface area (Å²) in [5.41, 5.74) is 0.683. The fraction of sp³-hybridized carbons (Fsp3) is 0.500. The second-order valence-electron chi connectivity index (χ2n) is 7.18. The summed E-state index contributed by atoms with van der Waals surface area (Å²) in [5, 5.41) is 2.74. The SMILES string of the molecule is COc1ccc(OC)c(C(C)NC(=O)CN2C(=O)C(=O)N(C3CCCC3)C2=O)c1. The Kier molecular flexibility index (Phi) is 6.05. The van der Waals surface area contributed by atoms with Crippen LogP contribution in [0.25, 0.3) is 0 Å². The van der Waals surface area contributed by atoms with Gasteiger partial charge in [-0.1, -0.05) is 12.8 Å². The smallest absolute Gasteiger partial charge is 0.334 e. The number of carbonyl (C=O) groups excluding carboxylic acids is 4. The standard InChI is InChI=1S/C20H25N3O6/c1-12(15-10-14(28-2)8-9-16(15)29-3)21-17(24)11-22-18(25)19(26)23(20(22)27)13-6-4-5-7-13/h8-10,12-13H,4-7,11H2,1-3H3,(H,21,24). The van der Waals surface area contributed by atoms with Crippen LogP contribution in [0.15, 0.2) is 18.2 Å². The summed E-state index contributed by atoms with van der Waals surface area (Å²) in [6, 6.07) is 3.76. The van der Waals surface area contributed by atoms with Gasteiger partial charge in [0.15, 0.2) is 0 Å². The van der Waals surface area contributed by atoms with Gasteiger partial charge in [-0.15, -0.1) is 0 Å². The van der Waals surface area contributed by atoms with E-state index < -0.39 is 36.3 Å². The van der Waals surface area contributed by atoms with Crippen molar-refractivity contribution in [1.82, 2.24) is 15.1 Å². The lowest BCUT2D eigenvalue weighted by Crippen LogP contribution is -2.43. The van der Waals surface area contributed by atoms with Crippen molar-refractivity contribution in [1.29, 1.82) is 0 Å². The lowest BCUT2D eigenvalue weighted by molar-refractivity contribution is -0.144. The fourth-order valence-electron chi connectivity index (χ4n) is 3.83. The Balaban J connectivity index is 1.68. The highest BCUT2D eigenvalue weighted by Gasteiger charge is 2.48. The molecule has 2 aliphatic rings. The molecule has 0 spiro atoms. The molecular formula is C20H25N3O6. The Morgan fingerprint density at radius 2 is 1.83 bits per heavy atom. The van der Waals surface area contributed by atoms with E-state index in [1.807, 2.05) is 0 Å². The van der Waals surface area contributed by atoms with Crippen molar-refractivity contribution in [3.8, 4) is 11.5 Å². The average Bonchev–Trinajstić information content (AvgIpc) is 3.30. The second kappa shape index (κ2) is 8.50. The van der Waals surface area contributed by atoms with E-state index >= 15 is 0 Å². The minimum Gasteiger partial charge on any atom is -0.497 e. The van der Waals surface area contributed by atoms with Crippen LogP contribution in [0.1, 0.15) is 44.2 Å². The second-order valence-corrected chi connectivity index (χ2v) is 7.18. The maximum Gasteiger partial charge on any atom is 0.334 e. The zero-order valence-electron chi connectivity index (χ0n) is 16.8. The Hall–Kier alpha value is -3.10. The molecule has 1 unspecified atom stereocenters. The number of hydrogen-bond acceptors (Lipinski definition) is 6. The van der Waals surface area contributed by atoms with Gasteiger partial charge in [0.25, 0.3) is 0 Å². The molecule has 0 aromatic heterocycles. The van der Waals surface area contributed by atoms with Gasteiger partial charge in [-0.05, 0) is 38.0 Å². The number of carbonyl (C=O) groups is 4. The molecule has 1 saturated heterocycles. The quantitative estimate of drug-likeness (QED) is 0.548. The first-order valence-corrected chi connectivity index (χ1v) is 9.57. The molecule has 9 nitrogen and oxygen atoms in total. The fourth-order valence-corrected chi connectivity index (χ4v) is 3.83. The molecule has 0 radical (unpaired) electrons. The molecule has 9 heteroatoms. The summed E-state index contributed by atoms with van der Waals surface area (Å²) >= 11 is 0. The molecule has 3 rings (SSSR count). The summed E-state index contributed by atoms with van der Waals surface area (Å²) in [6.07, 6.45) is 3.21. The molecule has 1 heterocycles. The van der Waals surface area contributed by atoms with Crippen molar-refractivity contribution in [2.75, 3.05) is 20.8 Å². The van der Waals surface area contributed by atoms with Crippen molar-refractivity contribution in [2.45, 2.75) is 44.7 Å². The maximum absolute atomic E-state index is 12.6. The topological polar surface area (TPSA) is 105 Å². The van der Waals surface area contributed by atoms with Crippen molar-refractivity contribution in [3.63, 3.8) is 0 Å². The van der Waals surface area contributed by atoms with Crippen LogP contribution in [0.3, 0.4) is 0 Å². The Bertz CT molecular complexity index is 834. The lowest BCUT2D eigenvalue weighted by Gasteiger charge is -2.22. The van der Waals surface area contributed by atoms with E-state index in [2.05, 4.69) is 5.32 Å². The molecule has 1 aromatic carbocycles. The number of hydrogen-bond donors (Lipinski definition) is 1. The third-order valence-corrected chi connectivity index (χ3v) is 5.36. The van der Waals surface area contributed by atoms with E-state index in [9.17, 15) is 19.2 Å². The highest BCUT2D eigenvalue weighted by atomic mass is 16.5. The molecule has 2 fully saturated rings. The van der Waals surface area contributed by atoms with Gasteiger partial charge in [-0.25, -0.2) is 9.69 Å². The Morgan fingerprint density at radius 1 is 1.14 bits per heavy atom. The number of rotatable bonds is 7. The molecule has 1 N–H and O–H groups in total. The third kappa shape index (κ3) is 4.03. The molecular weight excluding hydrogens is 378 g/mol. The van der Waals surface area contributed by atoms with Crippen LogP contribution in [0.2, 0.25) is 0 Å². The van der Waals surface area contributed by atoms with E-state index in [0.717, 1.165) is 17.7 Å². The zero-order chi connectivity index (χ0) is 21.1. The third-order valence-electron chi connectivity index (χ3n) is 5.36. The van der Waals surface area contributed by atoms with E-state index in [1.165, 1.54) is 14.2 Å². The first kappa shape index (κ1) is 20.6. The van der Waals surface area contributed by atoms with E-state index in [1.54, 1.807) is 25.1 Å². The van der Waals surface area contributed by atoms with E-state index in [-0.39, 0.29) is 6.04 Å². The van der Waals surface area contributed by atoms with E-state index in [0.29, 0.717) is 34.8 Å². The summed E-state index contributed by atoms with van der Waals surface area (Å²) in [6.45, 7) is 1.24. The molecule has 1 atom stereocenters. The van der Waals surface area contributed by atoms with Crippen LogP contribution in [0, 0.1) is 0 Å². The molecule has 0 bridgehead atoms. The molecule has 156 valence electrons. The monoisotopic (exact) mass is 403 g/mol. The van der Waals surface area contributed by atoms with Crippen molar-refractivity contribution >= 4 is 23.8 Å². The van der Waals surface area contributed by atoms with Crippen LogP contribution in [-0.2, 0) is 14.4 Å². The van der Waals surface area contributed by atoms with Gasteiger partial charge in [0.2, 0.25) is 5.91 Å². The molecule has 1 saturated carbocycles. The summed E-state index contributed by atoms with van der Waals surface area (Å²) in [4.78, 5) is 51.3. The Labute approximate surface area is 168 Å². The van der Waals surface area contributed by atoms with Gasteiger partial charge in [0.1, 0.15) is 18.0 Å². The summed E-state index contributed by atoms with van der Waals surface area (Å²) < 4.78 is 10.5. The van der Waals surface area contributed by atoms with Gasteiger partial charge in [0, 0.05) is 11.6 Å². The zero-order valence-corrected chi connectivity index (χ0v) is 16.8. The minimum atomic E-state index is -0.955. The highest BCUT2D eigenvalue weighted by molar-refractivity contribution is 6.45. The predicted octanol–water partition coefficient (Wildman–Crippen LogP) is 1.61. The first-order valence-electron chi connectivity index (χ1n) is 9.57. The van der Waals surface area contributed by atoms with Gasteiger partial charge in [-0.2, -0.15) is 0 Å². The molecule has 1 aliphatic carbocycles. The molecule has 1 aromatic rings. The maximum atomic E-state index is 12.6. The van der Waals surface area contributed by atoms with Crippen LogP contribution >= 0.6 is 0 Å². The van der Waals surface area contributed by atoms with Crippen molar-refractivity contribution in [3.05, 3.63) is 23.8 Å². The van der Waals surface area contributed by atoms with Crippen molar-refractivity contribution < 1.29 is 28.7 Å². The van der Waals surface area contributed by atoms with Gasteiger partial charge < -0.3 is 14.8 Å². The van der Waals surface area contributed by atoms with Crippen LogP contribution in [0.4, 0.5) is 4.79 Å². The van der Waals surface area contributed by atoms with Crippen LogP contribution in [-0.4, -0.2) is 60.4 Å². The van der Waals surface area contributed by atoms with Crippen molar-refractivity contribution in [2.24, 2.45) is 0 Å². The van der Waals surface area contributed by atoms with E-state index in [4.69, 9.17) is 9.47 Å². The lowest BCUT2D eigenvalue weighted by atomic mass is 10.1. The normalized spacial score (nSPS) is 18.4. The summed E-state index contributed by atoms with van der Waals surface area (Å²) in [7, 11) is 3.05. The van der Waals surface area contributed by atoms with Gasteiger partial charge in [-0.3, -0.25) is 19.3 Å². The summed E-state index contributed by atoms with van der Waals surface area (Å²) in [5.74, 6) is -1.19. The van der Waals surface area contributed by atoms with Gasteiger partial charge in [0.05, 0.1) is 20.3 Å². The largest absolute Gasteiger partial charge is 0.497 e. The number of methoxy groups -OCH3 is 2. The molecule has 5 amide bonds. The number of nitrogens with zero attached hydrogens (tertiary/aromatic N) is 2. The molecule has 1 aliphatic heterocycles. The van der Waals surface area contributed by atoms with Crippen LogP contribution in [0.5, 0.6) is 11.5 Å². The molecule has 29 heavy (non-hydrogen) atoms. The first-order chi connectivity index (χ1) is 13.9. The minimum absolute atomic E-state index is 0.257. The highest BCUT2D eigenvalue weighted by Crippen LogP contribution is 2.30.